The van der Waals surface area contributed by atoms with Crippen LogP contribution < -0.4 is 0 Å². The fourth-order valence-electron chi connectivity index (χ4n) is 1.44. The summed E-state index contributed by atoms with van der Waals surface area (Å²) in [6.45, 7) is 0. The predicted molar refractivity (Wildman–Crippen MR) is 90.3 cm³/mol. The molecule has 0 aromatic carbocycles. The molecule has 0 rings (SSSR count). The van der Waals surface area contributed by atoms with Crippen molar-refractivity contribution in [3.63, 3.8) is 0 Å². The number of hydrogen-bond donors (Lipinski definition) is 0. The van der Waals surface area contributed by atoms with Crippen molar-refractivity contribution in [2.24, 2.45) is 0 Å². The highest BCUT2D eigenvalue weighted by molar-refractivity contribution is 7.91. The Bertz CT molecular complexity index is 310. The van der Waals surface area contributed by atoms with Crippen LogP contribution >= 0.6 is 0 Å². The van der Waals surface area contributed by atoms with Crippen LogP contribution in [0.25, 0.3) is 0 Å². The van der Waals surface area contributed by atoms with E-state index in [0.717, 1.165) is 0 Å². The van der Waals surface area contributed by atoms with E-state index >= 15 is 0 Å². The van der Waals surface area contributed by atoms with Crippen molar-refractivity contribution in [3.8, 4) is 0 Å². The maximum absolute atomic E-state index is 12.2. The summed E-state index contributed by atoms with van der Waals surface area (Å²) in [6.07, 6.45) is 0. The van der Waals surface area contributed by atoms with Crippen LogP contribution in [0.15, 0.2) is 0 Å². The molecule has 8 nitrogen and oxygen atoms in total. The lowest BCUT2D eigenvalue weighted by atomic mass is 10.7. The number of rotatable bonds is 10. The average Bonchev–Trinajstić information content (AvgIpc) is 2.42. The standard InChI is InChI=1S/C4H22O8SSi6/c5-13(6,1-3(7-14,8-15)9-16)2-4(10-17,11-18)12-19/h1-2H2,14-19H3. The van der Waals surface area contributed by atoms with Crippen LogP contribution in [0.1, 0.15) is 0 Å². The molecule has 0 amide bonds. The van der Waals surface area contributed by atoms with E-state index in [1.54, 1.807) is 0 Å². The third kappa shape index (κ3) is 5.72. The minimum atomic E-state index is -3.59. The van der Waals surface area contributed by atoms with E-state index in [4.69, 9.17) is 26.6 Å². The Labute approximate surface area is 131 Å². The van der Waals surface area contributed by atoms with E-state index in [0.29, 0.717) is 62.9 Å². The molecule has 0 radical (unpaired) electrons. The second-order valence-corrected chi connectivity index (χ2v) is 8.14. The monoisotopic (exact) mass is 398 g/mol. The Hall–Kier alpha value is 1.01. The molecule has 0 saturated heterocycles. The molecule has 0 fully saturated rings. The van der Waals surface area contributed by atoms with Crippen molar-refractivity contribution in [2.45, 2.75) is 11.9 Å². The van der Waals surface area contributed by atoms with Gasteiger partial charge in [0.05, 0.1) is 0 Å². The van der Waals surface area contributed by atoms with E-state index in [1.165, 1.54) is 0 Å². The minimum Gasteiger partial charge on any atom is -0.381 e. The van der Waals surface area contributed by atoms with Crippen molar-refractivity contribution in [1.82, 2.24) is 0 Å². The van der Waals surface area contributed by atoms with Crippen LogP contribution in [-0.2, 0) is 36.4 Å². The first kappa shape index (κ1) is 20.0. The maximum Gasteiger partial charge on any atom is 0.266 e. The van der Waals surface area contributed by atoms with Gasteiger partial charge in [0.15, 0.2) is 72.8 Å². The van der Waals surface area contributed by atoms with Crippen LogP contribution in [0.5, 0.6) is 0 Å². The van der Waals surface area contributed by atoms with Gasteiger partial charge < -0.3 is 26.6 Å². The molecule has 0 aliphatic rings. The summed E-state index contributed by atoms with van der Waals surface area (Å²) in [6, 6.07) is 0. The lowest BCUT2D eigenvalue weighted by Crippen LogP contribution is -2.50. The smallest absolute Gasteiger partial charge is 0.266 e. The van der Waals surface area contributed by atoms with Crippen molar-refractivity contribution in [1.29, 1.82) is 0 Å². The second-order valence-electron chi connectivity index (χ2n) is 3.62. The van der Waals surface area contributed by atoms with Gasteiger partial charge in [0.2, 0.25) is 0 Å². The zero-order valence-electron chi connectivity index (χ0n) is 12.1. The van der Waals surface area contributed by atoms with Gasteiger partial charge in [-0.05, 0) is 0 Å². The Morgan fingerprint density at radius 2 is 0.842 bits per heavy atom. The Morgan fingerprint density at radius 3 is 1.00 bits per heavy atom. The summed E-state index contributed by atoms with van der Waals surface area (Å²) >= 11 is 0. The van der Waals surface area contributed by atoms with E-state index < -0.39 is 21.8 Å². The van der Waals surface area contributed by atoms with Crippen LogP contribution in [0.2, 0.25) is 0 Å². The van der Waals surface area contributed by atoms with Gasteiger partial charge in [-0.3, -0.25) is 0 Å². The summed E-state index contributed by atoms with van der Waals surface area (Å²) in [5.41, 5.74) is 0. The molecule has 0 spiro atoms. The minimum absolute atomic E-state index is 0.310. The lowest BCUT2D eigenvalue weighted by Gasteiger charge is -2.34. The van der Waals surface area contributed by atoms with Gasteiger partial charge >= 0.3 is 0 Å². The quantitative estimate of drug-likeness (QED) is 0.265. The molecule has 116 valence electrons. The van der Waals surface area contributed by atoms with Crippen molar-refractivity contribution >= 4 is 72.8 Å². The Morgan fingerprint density at radius 1 is 0.632 bits per heavy atom. The van der Waals surface area contributed by atoms with Gasteiger partial charge in [0.25, 0.3) is 11.9 Å². The molecule has 0 aliphatic heterocycles. The molecule has 0 aliphatic carbocycles. The molecule has 0 heterocycles. The molecule has 0 bridgehead atoms. The highest BCUT2D eigenvalue weighted by Crippen LogP contribution is 2.20. The van der Waals surface area contributed by atoms with Crippen LogP contribution in [-0.4, -0.2) is 94.8 Å². The summed E-state index contributed by atoms with van der Waals surface area (Å²) in [5, 5.41) is 0. The lowest BCUT2D eigenvalue weighted by molar-refractivity contribution is -0.235. The molecule has 0 N–H and O–H groups in total. The average molecular weight is 399 g/mol. The third-order valence-corrected chi connectivity index (χ3v) is 7.98. The first-order valence-corrected chi connectivity index (χ1v) is 12.0. The van der Waals surface area contributed by atoms with Gasteiger partial charge in [-0.2, -0.15) is 0 Å². The van der Waals surface area contributed by atoms with Gasteiger partial charge in [-0.15, -0.1) is 0 Å². The van der Waals surface area contributed by atoms with Crippen molar-refractivity contribution in [2.75, 3.05) is 11.5 Å². The fraction of sp³-hybridized carbons (Fsp3) is 1.00. The molecule has 0 atom stereocenters. The summed E-state index contributed by atoms with van der Waals surface area (Å²) in [5.74, 6) is -3.70. The number of sulfone groups is 1. The van der Waals surface area contributed by atoms with Crippen molar-refractivity contribution in [3.05, 3.63) is 0 Å². The van der Waals surface area contributed by atoms with E-state index in [2.05, 4.69) is 0 Å². The zero-order valence-corrected chi connectivity index (χ0v) is 24.9. The number of hydrogen-bond acceptors (Lipinski definition) is 8. The molecule has 19 heavy (non-hydrogen) atoms. The molecular weight excluding hydrogens is 377 g/mol. The summed E-state index contributed by atoms with van der Waals surface area (Å²) in [7, 11) is -1.72. The summed E-state index contributed by atoms with van der Waals surface area (Å²) < 4.78 is 55.5. The van der Waals surface area contributed by atoms with Gasteiger partial charge in [-0.25, -0.2) is 8.42 Å². The third-order valence-electron chi connectivity index (χ3n) is 2.66. The predicted octanol–water partition coefficient (Wildman–Crippen LogP) is -8.51. The van der Waals surface area contributed by atoms with Crippen LogP contribution in [0.4, 0.5) is 0 Å². The molecule has 0 aromatic rings. The molecule has 15 heteroatoms. The highest BCUT2D eigenvalue weighted by Gasteiger charge is 2.41. The van der Waals surface area contributed by atoms with E-state index in [9.17, 15) is 8.42 Å². The van der Waals surface area contributed by atoms with Gasteiger partial charge in [-0.1, -0.05) is 0 Å². The fourth-order valence-corrected chi connectivity index (χ4v) is 9.45. The molecule has 0 aromatic heterocycles. The van der Waals surface area contributed by atoms with Crippen LogP contribution in [0.3, 0.4) is 0 Å². The maximum atomic E-state index is 12.2. The van der Waals surface area contributed by atoms with Crippen LogP contribution in [0, 0.1) is 0 Å². The highest BCUT2D eigenvalue weighted by atomic mass is 32.2. The Kier molecular flexibility index (Phi) is 8.90. The molecule has 0 unspecified atom stereocenters. The summed E-state index contributed by atoms with van der Waals surface area (Å²) in [4.78, 5) is 0. The zero-order chi connectivity index (χ0) is 15.2. The first-order valence-electron chi connectivity index (χ1n) is 5.29. The Balaban J connectivity index is 5.09. The van der Waals surface area contributed by atoms with E-state index in [1.807, 2.05) is 0 Å². The molecular formula is C4H22O8SSi6. The topological polar surface area (TPSA) is 89.5 Å². The molecule has 0 saturated carbocycles. The SMILES string of the molecule is O=S(=O)(CC(O[SiH3])(O[SiH3])O[SiH3])CC(O[SiH3])(O[SiH3])O[SiH3]. The van der Waals surface area contributed by atoms with E-state index in [-0.39, 0.29) is 11.5 Å². The first-order chi connectivity index (χ1) is 8.78. The largest absolute Gasteiger partial charge is 0.381 e. The normalized spacial score (nSPS) is 19.8. The van der Waals surface area contributed by atoms with Gasteiger partial charge in [0, 0.05) is 0 Å². The second kappa shape index (κ2) is 8.45. The van der Waals surface area contributed by atoms with Crippen molar-refractivity contribution < 1.29 is 35.0 Å². The van der Waals surface area contributed by atoms with Gasteiger partial charge in [0.1, 0.15) is 11.5 Å².